The van der Waals surface area contributed by atoms with Crippen LogP contribution in [0.25, 0.3) is 0 Å². The van der Waals surface area contributed by atoms with Crippen molar-refractivity contribution in [1.29, 1.82) is 0 Å². The molecular formula is C14H21N5S. The van der Waals surface area contributed by atoms with Crippen LogP contribution in [-0.4, -0.2) is 37.2 Å². The number of nitrogens with zero attached hydrogens (tertiary/aromatic N) is 5. The summed E-state index contributed by atoms with van der Waals surface area (Å²) >= 11 is 1.67. The summed E-state index contributed by atoms with van der Waals surface area (Å²) in [5.41, 5.74) is 3.10. The topological polar surface area (TPSA) is 46.8 Å². The van der Waals surface area contributed by atoms with E-state index >= 15 is 0 Å². The van der Waals surface area contributed by atoms with Gasteiger partial charge in [0, 0.05) is 18.0 Å². The first-order valence-corrected chi connectivity index (χ1v) is 8.16. The molecule has 0 bridgehead atoms. The second kappa shape index (κ2) is 6.01. The van der Waals surface area contributed by atoms with E-state index in [0.29, 0.717) is 6.04 Å². The molecule has 0 radical (unpaired) electrons. The van der Waals surface area contributed by atoms with Gasteiger partial charge in [-0.1, -0.05) is 6.42 Å². The van der Waals surface area contributed by atoms with E-state index in [1.807, 2.05) is 19.4 Å². The van der Waals surface area contributed by atoms with Gasteiger partial charge in [-0.15, -0.1) is 11.3 Å². The lowest BCUT2D eigenvalue weighted by molar-refractivity contribution is 0.120. The van der Waals surface area contributed by atoms with E-state index in [2.05, 4.69) is 30.0 Å². The molecule has 1 aliphatic rings. The van der Waals surface area contributed by atoms with E-state index in [1.54, 1.807) is 11.3 Å². The molecule has 108 valence electrons. The maximum absolute atomic E-state index is 4.50. The molecule has 0 aliphatic carbocycles. The molecule has 2 aromatic rings. The third-order valence-electron chi connectivity index (χ3n) is 3.94. The predicted octanol–water partition coefficient (Wildman–Crippen LogP) is 2.41. The molecule has 2 aromatic heterocycles. The normalized spacial score (nSPS) is 20.4. The Labute approximate surface area is 123 Å². The Balaban J connectivity index is 1.70. The zero-order valence-electron chi connectivity index (χ0n) is 12.1. The van der Waals surface area contributed by atoms with Gasteiger partial charge in [-0.25, -0.2) is 14.6 Å². The molecule has 5 nitrogen and oxygen atoms in total. The molecule has 1 aliphatic heterocycles. The molecule has 0 aromatic carbocycles. The molecule has 1 saturated heterocycles. The molecule has 0 unspecified atom stereocenters. The molecule has 1 fully saturated rings. The Bertz CT molecular complexity index is 548. The largest absolute Gasteiger partial charge is 0.293 e. The molecular weight excluding hydrogens is 270 g/mol. The van der Waals surface area contributed by atoms with Crippen LogP contribution in [0.5, 0.6) is 0 Å². The number of aryl methyl sites for hydroxylation is 2. The SMILES string of the molecule is Cc1nc(C)n(C[C@H]2CCCCN2Cc2cscn2)n1. The van der Waals surface area contributed by atoms with E-state index in [-0.39, 0.29) is 0 Å². The minimum absolute atomic E-state index is 0.547. The van der Waals surface area contributed by atoms with E-state index in [9.17, 15) is 0 Å². The minimum Gasteiger partial charge on any atom is -0.293 e. The number of likely N-dealkylation sites (tertiary alicyclic amines) is 1. The van der Waals surface area contributed by atoms with Crippen molar-refractivity contribution in [2.45, 2.75) is 52.2 Å². The summed E-state index contributed by atoms with van der Waals surface area (Å²) in [6.07, 6.45) is 3.84. The second-order valence-electron chi connectivity index (χ2n) is 5.49. The van der Waals surface area contributed by atoms with Crippen molar-refractivity contribution < 1.29 is 0 Å². The van der Waals surface area contributed by atoms with Crippen LogP contribution in [0.1, 0.15) is 36.6 Å². The quantitative estimate of drug-likeness (QED) is 0.868. The van der Waals surface area contributed by atoms with Gasteiger partial charge in [-0.05, 0) is 33.2 Å². The number of thiazole rings is 1. The van der Waals surface area contributed by atoms with E-state index in [0.717, 1.165) is 31.3 Å². The van der Waals surface area contributed by atoms with Crippen molar-refractivity contribution in [2.24, 2.45) is 0 Å². The number of hydrogen-bond acceptors (Lipinski definition) is 5. The van der Waals surface area contributed by atoms with Crippen molar-refractivity contribution >= 4 is 11.3 Å². The van der Waals surface area contributed by atoms with E-state index in [4.69, 9.17) is 0 Å². The summed E-state index contributed by atoms with van der Waals surface area (Å²) in [5.74, 6) is 1.88. The van der Waals surface area contributed by atoms with Crippen molar-refractivity contribution in [3.63, 3.8) is 0 Å². The second-order valence-corrected chi connectivity index (χ2v) is 6.21. The highest BCUT2D eigenvalue weighted by Gasteiger charge is 2.24. The Morgan fingerprint density at radius 1 is 1.35 bits per heavy atom. The molecule has 3 heterocycles. The summed E-state index contributed by atoms with van der Waals surface area (Å²) in [6.45, 7) is 7.05. The average Bonchev–Trinajstić information content (AvgIpc) is 3.02. The summed E-state index contributed by atoms with van der Waals surface area (Å²) in [7, 11) is 0. The minimum atomic E-state index is 0.547. The molecule has 0 saturated carbocycles. The third kappa shape index (κ3) is 3.07. The molecule has 0 amide bonds. The zero-order valence-corrected chi connectivity index (χ0v) is 12.9. The van der Waals surface area contributed by atoms with E-state index in [1.165, 1.54) is 25.0 Å². The first-order chi connectivity index (χ1) is 9.72. The van der Waals surface area contributed by atoms with E-state index < -0.39 is 0 Å². The summed E-state index contributed by atoms with van der Waals surface area (Å²) in [5, 5.41) is 6.65. The van der Waals surface area contributed by atoms with Crippen LogP contribution in [0.3, 0.4) is 0 Å². The first-order valence-electron chi connectivity index (χ1n) is 7.21. The maximum atomic E-state index is 4.50. The highest BCUT2D eigenvalue weighted by atomic mass is 32.1. The van der Waals surface area contributed by atoms with Crippen LogP contribution in [0.4, 0.5) is 0 Å². The molecule has 6 heteroatoms. The number of aromatic nitrogens is 4. The average molecular weight is 291 g/mol. The summed E-state index contributed by atoms with van der Waals surface area (Å²) < 4.78 is 2.05. The summed E-state index contributed by atoms with van der Waals surface area (Å²) in [4.78, 5) is 11.4. The van der Waals surface area contributed by atoms with Crippen LogP contribution in [0.2, 0.25) is 0 Å². The van der Waals surface area contributed by atoms with Gasteiger partial charge in [0.05, 0.1) is 17.7 Å². The van der Waals surface area contributed by atoms with Crippen LogP contribution < -0.4 is 0 Å². The Morgan fingerprint density at radius 2 is 2.25 bits per heavy atom. The van der Waals surface area contributed by atoms with Crippen LogP contribution in [0, 0.1) is 13.8 Å². The zero-order chi connectivity index (χ0) is 13.9. The fourth-order valence-electron chi connectivity index (χ4n) is 2.93. The van der Waals surface area contributed by atoms with Gasteiger partial charge < -0.3 is 0 Å². The molecule has 20 heavy (non-hydrogen) atoms. The lowest BCUT2D eigenvalue weighted by atomic mass is 10.0. The van der Waals surface area contributed by atoms with Crippen LogP contribution >= 0.6 is 11.3 Å². The maximum Gasteiger partial charge on any atom is 0.147 e. The molecule has 1 atom stereocenters. The van der Waals surface area contributed by atoms with Gasteiger partial charge in [0.1, 0.15) is 11.6 Å². The first kappa shape index (κ1) is 13.7. The van der Waals surface area contributed by atoms with Crippen molar-refractivity contribution in [1.82, 2.24) is 24.6 Å². The summed E-state index contributed by atoms with van der Waals surface area (Å²) in [6, 6.07) is 0.547. The van der Waals surface area contributed by atoms with Gasteiger partial charge in [0.25, 0.3) is 0 Å². The smallest absolute Gasteiger partial charge is 0.147 e. The fraction of sp³-hybridized carbons (Fsp3) is 0.643. The highest BCUT2D eigenvalue weighted by Crippen LogP contribution is 2.21. The predicted molar refractivity (Wildman–Crippen MR) is 79.7 cm³/mol. The molecule has 0 N–H and O–H groups in total. The van der Waals surface area contributed by atoms with Crippen molar-refractivity contribution in [3.8, 4) is 0 Å². The standard InChI is InChI=1S/C14H21N5S/c1-11-16-12(2)19(17-11)8-14-5-3-4-6-18(14)7-13-9-20-10-15-13/h9-10,14H,3-8H2,1-2H3/t14-/m1/s1. The Hall–Kier alpha value is -1.27. The van der Waals surface area contributed by atoms with Gasteiger partial charge in [-0.2, -0.15) is 5.10 Å². The molecule has 3 rings (SSSR count). The van der Waals surface area contributed by atoms with Crippen molar-refractivity contribution in [3.05, 3.63) is 28.2 Å². The van der Waals surface area contributed by atoms with Gasteiger partial charge in [0.2, 0.25) is 0 Å². The lowest BCUT2D eigenvalue weighted by Gasteiger charge is -2.35. The van der Waals surface area contributed by atoms with Crippen LogP contribution in [0.15, 0.2) is 10.9 Å². The monoisotopic (exact) mass is 291 g/mol. The number of rotatable bonds is 4. The highest BCUT2D eigenvalue weighted by molar-refractivity contribution is 7.07. The van der Waals surface area contributed by atoms with Crippen molar-refractivity contribution in [2.75, 3.05) is 6.54 Å². The van der Waals surface area contributed by atoms with Gasteiger partial charge in [0.15, 0.2) is 0 Å². The lowest BCUT2D eigenvalue weighted by Crippen LogP contribution is -2.42. The van der Waals surface area contributed by atoms with Gasteiger partial charge in [-0.3, -0.25) is 4.90 Å². The number of piperidine rings is 1. The number of hydrogen-bond donors (Lipinski definition) is 0. The third-order valence-corrected chi connectivity index (χ3v) is 4.58. The Kier molecular flexibility index (Phi) is 4.12. The Morgan fingerprint density at radius 3 is 2.95 bits per heavy atom. The van der Waals surface area contributed by atoms with Gasteiger partial charge >= 0.3 is 0 Å². The fourth-order valence-corrected chi connectivity index (χ4v) is 3.48. The molecule has 0 spiro atoms. The van der Waals surface area contributed by atoms with Crippen LogP contribution in [-0.2, 0) is 13.1 Å².